The molecular weight excluding hydrogens is 262 g/mol. The molecule has 0 unspecified atom stereocenters. The number of hydrogen-bond acceptors (Lipinski definition) is 2. The number of nitrogens with one attached hydrogen (secondary N) is 1. The molecule has 0 atom stereocenters. The van der Waals surface area contributed by atoms with E-state index in [4.69, 9.17) is 0 Å². The van der Waals surface area contributed by atoms with Gasteiger partial charge in [0.15, 0.2) is 0 Å². The SMILES string of the molecule is Cc1cc(C(=O)NCC(C)C)c(C)n1Cc1ccccn1. The van der Waals surface area contributed by atoms with E-state index in [2.05, 4.69) is 28.7 Å². The third-order valence-corrected chi connectivity index (χ3v) is 3.54. The average molecular weight is 285 g/mol. The Morgan fingerprint density at radius 3 is 2.71 bits per heavy atom. The molecule has 2 aromatic rings. The fraction of sp³-hybridized carbons (Fsp3) is 0.412. The summed E-state index contributed by atoms with van der Waals surface area (Å²) < 4.78 is 2.13. The fourth-order valence-corrected chi connectivity index (χ4v) is 2.32. The van der Waals surface area contributed by atoms with Crippen LogP contribution in [0.3, 0.4) is 0 Å². The van der Waals surface area contributed by atoms with Crippen molar-refractivity contribution in [3.8, 4) is 0 Å². The van der Waals surface area contributed by atoms with Crippen LogP contribution in [0.5, 0.6) is 0 Å². The van der Waals surface area contributed by atoms with E-state index in [9.17, 15) is 4.79 Å². The summed E-state index contributed by atoms with van der Waals surface area (Å²) in [4.78, 5) is 16.6. The highest BCUT2D eigenvalue weighted by Crippen LogP contribution is 2.16. The van der Waals surface area contributed by atoms with Crippen molar-refractivity contribution in [3.63, 3.8) is 0 Å². The summed E-state index contributed by atoms with van der Waals surface area (Å²) >= 11 is 0. The first-order valence-corrected chi connectivity index (χ1v) is 7.34. The molecule has 2 rings (SSSR count). The van der Waals surface area contributed by atoms with Crippen molar-refractivity contribution >= 4 is 5.91 Å². The Hall–Kier alpha value is -2.10. The van der Waals surface area contributed by atoms with Crippen LogP contribution in [0, 0.1) is 19.8 Å². The molecule has 1 amide bonds. The Bertz CT molecular complexity index is 614. The van der Waals surface area contributed by atoms with Crippen LogP contribution in [0.15, 0.2) is 30.5 Å². The molecule has 0 spiro atoms. The van der Waals surface area contributed by atoms with E-state index in [0.717, 1.165) is 22.6 Å². The van der Waals surface area contributed by atoms with Gasteiger partial charge in [0.25, 0.3) is 5.91 Å². The summed E-state index contributed by atoms with van der Waals surface area (Å²) in [5.41, 5.74) is 3.81. The van der Waals surface area contributed by atoms with Crippen molar-refractivity contribution in [1.82, 2.24) is 14.9 Å². The van der Waals surface area contributed by atoms with Gasteiger partial charge in [-0.05, 0) is 38.0 Å². The quantitative estimate of drug-likeness (QED) is 0.918. The first-order chi connectivity index (χ1) is 9.99. The molecular formula is C17H23N3O. The molecule has 0 saturated heterocycles. The first kappa shape index (κ1) is 15.3. The molecule has 112 valence electrons. The topological polar surface area (TPSA) is 46.9 Å². The summed E-state index contributed by atoms with van der Waals surface area (Å²) in [6.45, 7) is 9.57. The summed E-state index contributed by atoms with van der Waals surface area (Å²) in [7, 11) is 0. The minimum Gasteiger partial charge on any atom is -0.352 e. The second kappa shape index (κ2) is 6.57. The van der Waals surface area contributed by atoms with Gasteiger partial charge >= 0.3 is 0 Å². The van der Waals surface area contributed by atoms with E-state index in [1.165, 1.54) is 0 Å². The van der Waals surface area contributed by atoms with E-state index < -0.39 is 0 Å². The van der Waals surface area contributed by atoms with Gasteiger partial charge in [0.2, 0.25) is 0 Å². The normalized spacial score (nSPS) is 10.9. The van der Waals surface area contributed by atoms with E-state index in [0.29, 0.717) is 19.0 Å². The third-order valence-electron chi connectivity index (χ3n) is 3.54. The standard InChI is InChI=1S/C17H23N3O/c1-12(2)10-19-17(21)16-9-13(3)20(14(16)4)11-15-7-5-6-8-18-15/h5-9,12H,10-11H2,1-4H3,(H,19,21). The number of carbonyl (C=O) groups excluding carboxylic acids is 1. The Labute approximate surface area is 126 Å². The largest absolute Gasteiger partial charge is 0.352 e. The first-order valence-electron chi connectivity index (χ1n) is 7.34. The lowest BCUT2D eigenvalue weighted by Crippen LogP contribution is -2.27. The predicted molar refractivity (Wildman–Crippen MR) is 84.4 cm³/mol. The van der Waals surface area contributed by atoms with Gasteiger partial charge in [-0.15, -0.1) is 0 Å². The molecule has 1 N–H and O–H groups in total. The summed E-state index contributed by atoms with van der Waals surface area (Å²) in [6, 6.07) is 7.84. The van der Waals surface area contributed by atoms with Crippen LogP contribution in [0.4, 0.5) is 0 Å². The molecule has 0 aliphatic rings. The highest BCUT2D eigenvalue weighted by molar-refractivity contribution is 5.95. The van der Waals surface area contributed by atoms with Crippen molar-refractivity contribution in [2.24, 2.45) is 5.92 Å². The fourth-order valence-electron chi connectivity index (χ4n) is 2.32. The van der Waals surface area contributed by atoms with Gasteiger partial charge < -0.3 is 9.88 Å². The molecule has 0 aliphatic carbocycles. The van der Waals surface area contributed by atoms with Crippen molar-refractivity contribution < 1.29 is 4.79 Å². The Balaban J connectivity index is 2.19. The third kappa shape index (κ3) is 3.72. The molecule has 4 nitrogen and oxygen atoms in total. The zero-order valence-corrected chi connectivity index (χ0v) is 13.2. The number of aromatic nitrogens is 2. The number of carbonyl (C=O) groups is 1. The molecule has 0 aromatic carbocycles. The van der Waals surface area contributed by atoms with E-state index in [1.54, 1.807) is 6.20 Å². The smallest absolute Gasteiger partial charge is 0.253 e. The van der Waals surface area contributed by atoms with Crippen molar-refractivity contribution in [2.75, 3.05) is 6.54 Å². The highest BCUT2D eigenvalue weighted by atomic mass is 16.1. The lowest BCUT2D eigenvalue weighted by Gasteiger charge is -2.10. The second-order valence-electron chi connectivity index (χ2n) is 5.80. The summed E-state index contributed by atoms with van der Waals surface area (Å²) in [5.74, 6) is 0.454. The van der Waals surface area contributed by atoms with Crippen LogP contribution in [0.25, 0.3) is 0 Å². The van der Waals surface area contributed by atoms with Gasteiger partial charge in [-0.25, -0.2) is 0 Å². The van der Waals surface area contributed by atoms with Gasteiger partial charge in [-0.2, -0.15) is 0 Å². The molecule has 21 heavy (non-hydrogen) atoms. The van der Waals surface area contributed by atoms with E-state index in [-0.39, 0.29) is 5.91 Å². The molecule has 0 aliphatic heterocycles. The maximum atomic E-state index is 12.2. The highest BCUT2D eigenvalue weighted by Gasteiger charge is 2.16. The predicted octanol–water partition coefficient (Wildman–Crippen LogP) is 2.93. The van der Waals surface area contributed by atoms with Crippen LogP contribution in [0.1, 0.15) is 41.3 Å². The molecule has 0 radical (unpaired) electrons. The monoisotopic (exact) mass is 285 g/mol. The second-order valence-corrected chi connectivity index (χ2v) is 5.80. The minimum absolute atomic E-state index is 0.00377. The van der Waals surface area contributed by atoms with Crippen molar-refractivity contribution in [3.05, 3.63) is 53.1 Å². The van der Waals surface area contributed by atoms with Crippen molar-refractivity contribution in [2.45, 2.75) is 34.2 Å². The molecule has 2 aromatic heterocycles. The molecule has 2 heterocycles. The zero-order chi connectivity index (χ0) is 15.4. The lowest BCUT2D eigenvalue weighted by molar-refractivity contribution is 0.0948. The van der Waals surface area contributed by atoms with E-state index in [1.807, 2.05) is 38.1 Å². The molecule has 0 bridgehead atoms. The number of pyridine rings is 1. The van der Waals surface area contributed by atoms with Gasteiger partial charge in [0, 0.05) is 24.1 Å². The molecule has 0 saturated carbocycles. The lowest BCUT2D eigenvalue weighted by atomic mass is 10.2. The average Bonchev–Trinajstić information content (AvgIpc) is 2.74. The number of amides is 1. The number of aryl methyl sites for hydroxylation is 1. The van der Waals surface area contributed by atoms with Crippen LogP contribution in [0.2, 0.25) is 0 Å². The van der Waals surface area contributed by atoms with Crippen molar-refractivity contribution in [1.29, 1.82) is 0 Å². The van der Waals surface area contributed by atoms with Crippen LogP contribution in [-0.2, 0) is 6.54 Å². The molecule has 0 fully saturated rings. The molecule has 4 heteroatoms. The summed E-state index contributed by atoms with van der Waals surface area (Å²) in [6.07, 6.45) is 1.79. The Kier molecular flexibility index (Phi) is 4.78. The number of hydrogen-bond donors (Lipinski definition) is 1. The minimum atomic E-state index is 0.00377. The maximum Gasteiger partial charge on any atom is 0.253 e. The number of rotatable bonds is 5. The summed E-state index contributed by atoms with van der Waals surface area (Å²) in [5, 5.41) is 2.98. The zero-order valence-electron chi connectivity index (χ0n) is 13.2. The Morgan fingerprint density at radius 2 is 2.10 bits per heavy atom. The van der Waals surface area contributed by atoms with Gasteiger partial charge in [-0.1, -0.05) is 19.9 Å². The van der Waals surface area contributed by atoms with E-state index >= 15 is 0 Å². The van der Waals surface area contributed by atoms with Crippen LogP contribution >= 0.6 is 0 Å². The maximum absolute atomic E-state index is 12.2. The number of nitrogens with zero attached hydrogens (tertiary/aromatic N) is 2. The van der Waals surface area contributed by atoms with Gasteiger partial charge in [-0.3, -0.25) is 9.78 Å². The Morgan fingerprint density at radius 1 is 1.33 bits per heavy atom. The van der Waals surface area contributed by atoms with Gasteiger partial charge in [0.05, 0.1) is 17.8 Å². The van der Waals surface area contributed by atoms with Crippen LogP contribution in [-0.4, -0.2) is 22.0 Å². The van der Waals surface area contributed by atoms with Gasteiger partial charge in [0.1, 0.15) is 0 Å². The van der Waals surface area contributed by atoms with Crippen LogP contribution < -0.4 is 5.32 Å².